The second-order valence-corrected chi connectivity index (χ2v) is 4.09. The number of nitrogens with zero attached hydrogens (tertiary/aromatic N) is 1. The average molecular weight is 200 g/mol. The van der Waals surface area contributed by atoms with Gasteiger partial charge in [0.15, 0.2) is 0 Å². The van der Waals surface area contributed by atoms with Crippen LogP contribution in [0, 0.1) is 0 Å². The third-order valence-corrected chi connectivity index (χ3v) is 2.96. The lowest BCUT2D eigenvalue weighted by molar-refractivity contribution is -0.133. The zero-order valence-corrected chi connectivity index (χ0v) is 8.83. The standard InChI is InChI=1S/C10H20N2O2/c1-2-12(6-7-13)9(14)8-10(11)4-3-5-10/h13H,2-8,11H2,1H3. The summed E-state index contributed by atoms with van der Waals surface area (Å²) in [6.45, 7) is 3.01. The van der Waals surface area contributed by atoms with Gasteiger partial charge in [-0.3, -0.25) is 4.79 Å². The Kier molecular flexibility index (Phi) is 3.89. The van der Waals surface area contributed by atoms with Crippen LogP contribution in [0.3, 0.4) is 0 Å². The molecule has 0 spiro atoms. The Bertz CT molecular complexity index is 202. The van der Waals surface area contributed by atoms with Crippen molar-refractivity contribution in [1.29, 1.82) is 0 Å². The van der Waals surface area contributed by atoms with Gasteiger partial charge in [0.05, 0.1) is 6.61 Å². The second-order valence-electron chi connectivity index (χ2n) is 4.09. The van der Waals surface area contributed by atoms with E-state index >= 15 is 0 Å². The van der Waals surface area contributed by atoms with Crippen LogP contribution in [0.5, 0.6) is 0 Å². The fraction of sp³-hybridized carbons (Fsp3) is 0.900. The average Bonchev–Trinajstić information content (AvgIpc) is 2.11. The van der Waals surface area contributed by atoms with Crippen molar-refractivity contribution in [3.63, 3.8) is 0 Å². The summed E-state index contributed by atoms with van der Waals surface area (Å²) in [5, 5.41) is 8.76. The van der Waals surface area contributed by atoms with Gasteiger partial charge >= 0.3 is 0 Å². The monoisotopic (exact) mass is 200 g/mol. The highest BCUT2D eigenvalue weighted by atomic mass is 16.3. The van der Waals surface area contributed by atoms with Crippen LogP contribution in [0.2, 0.25) is 0 Å². The molecular formula is C10H20N2O2. The zero-order chi connectivity index (χ0) is 10.6. The second kappa shape index (κ2) is 4.75. The fourth-order valence-electron chi connectivity index (χ4n) is 1.80. The van der Waals surface area contributed by atoms with Crippen LogP contribution in [-0.2, 0) is 4.79 Å². The topological polar surface area (TPSA) is 66.6 Å². The highest BCUT2D eigenvalue weighted by molar-refractivity contribution is 5.77. The fourth-order valence-corrected chi connectivity index (χ4v) is 1.80. The molecule has 0 saturated heterocycles. The molecule has 1 saturated carbocycles. The van der Waals surface area contributed by atoms with E-state index in [1.807, 2.05) is 6.92 Å². The summed E-state index contributed by atoms with van der Waals surface area (Å²) >= 11 is 0. The number of amides is 1. The smallest absolute Gasteiger partial charge is 0.224 e. The van der Waals surface area contributed by atoms with Crippen molar-refractivity contribution in [2.45, 2.75) is 38.1 Å². The summed E-state index contributed by atoms with van der Waals surface area (Å²) < 4.78 is 0. The molecule has 0 aromatic rings. The van der Waals surface area contributed by atoms with Crippen molar-refractivity contribution in [3.8, 4) is 0 Å². The maximum atomic E-state index is 11.7. The van der Waals surface area contributed by atoms with Crippen molar-refractivity contribution in [1.82, 2.24) is 4.90 Å². The highest BCUT2D eigenvalue weighted by Crippen LogP contribution is 2.32. The summed E-state index contributed by atoms with van der Waals surface area (Å²) in [7, 11) is 0. The Hall–Kier alpha value is -0.610. The van der Waals surface area contributed by atoms with Crippen LogP contribution in [0.15, 0.2) is 0 Å². The summed E-state index contributed by atoms with van der Waals surface area (Å²) in [6, 6.07) is 0. The molecule has 3 N–H and O–H groups in total. The SMILES string of the molecule is CCN(CCO)C(=O)CC1(N)CCC1. The summed E-state index contributed by atoms with van der Waals surface area (Å²) in [6.07, 6.45) is 3.47. The number of aliphatic hydroxyl groups is 1. The van der Waals surface area contributed by atoms with Crippen LogP contribution in [0.4, 0.5) is 0 Å². The molecule has 0 unspecified atom stereocenters. The van der Waals surface area contributed by atoms with E-state index in [1.165, 1.54) is 0 Å². The third-order valence-electron chi connectivity index (χ3n) is 2.96. The number of hydrogen-bond donors (Lipinski definition) is 2. The minimum Gasteiger partial charge on any atom is -0.395 e. The predicted octanol–water partition coefficient (Wildman–Crippen LogP) is 0.0987. The summed E-state index contributed by atoms with van der Waals surface area (Å²) in [5.41, 5.74) is 5.73. The molecular weight excluding hydrogens is 180 g/mol. The molecule has 1 aliphatic rings. The van der Waals surface area contributed by atoms with Crippen LogP contribution in [0.1, 0.15) is 32.6 Å². The van der Waals surface area contributed by atoms with E-state index in [1.54, 1.807) is 4.90 Å². The number of hydrogen-bond acceptors (Lipinski definition) is 3. The van der Waals surface area contributed by atoms with E-state index < -0.39 is 0 Å². The number of carbonyl (C=O) groups excluding carboxylic acids is 1. The maximum Gasteiger partial charge on any atom is 0.224 e. The van der Waals surface area contributed by atoms with Crippen molar-refractivity contribution in [3.05, 3.63) is 0 Å². The molecule has 1 aliphatic carbocycles. The Labute approximate surface area is 85.1 Å². The molecule has 0 radical (unpaired) electrons. The first-order chi connectivity index (χ1) is 6.61. The Morgan fingerprint density at radius 2 is 2.21 bits per heavy atom. The molecule has 0 aromatic carbocycles. The number of nitrogens with two attached hydrogens (primary N) is 1. The molecule has 0 heterocycles. The van der Waals surface area contributed by atoms with Crippen molar-refractivity contribution in [2.24, 2.45) is 5.73 Å². The summed E-state index contributed by atoms with van der Waals surface area (Å²) in [5.74, 6) is 0.0729. The number of carbonyl (C=O) groups is 1. The van der Waals surface area contributed by atoms with Gasteiger partial charge < -0.3 is 15.7 Å². The van der Waals surface area contributed by atoms with Crippen LogP contribution >= 0.6 is 0 Å². The lowest BCUT2D eigenvalue weighted by Gasteiger charge is -2.38. The van der Waals surface area contributed by atoms with Crippen LogP contribution < -0.4 is 5.73 Å². The van der Waals surface area contributed by atoms with E-state index in [0.29, 0.717) is 19.5 Å². The van der Waals surface area contributed by atoms with Gasteiger partial charge in [-0.25, -0.2) is 0 Å². The molecule has 4 heteroatoms. The molecule has 0 aromatic heterocycles. The first kappa shape index (κ1) is 11.5. The lowest BCUT2D eigenvalue weighted by atomic mass is 9.75. The van der Waals surface area contributed by atoms with Gasteiger partial charge in [-0.15, -0.1) is 0 Å². The maximum absolute atomic E-state index is 11.7. The van der Waals surface area contributed by atoms with Gasteiger partial charge in [0.2, 0.25) is 5.91 Å². The molecule has 14 heavy (non-hydrogen) atoms. The molecule has 1 rings (SSSR count). The molecule has 1 fully saturated rings. The lowest BCUT2D eigenvalue weighted by Crippen LogP contribution is -2.50. The van der Waals surface area contributed by atoms with Gasteiger partial charge in [0.25, 0.3) is 0 Å². The molecule has 0 bridgehead atoms. The van der Waals surface area contributed by atoms with Gasteiger partial charge in [0.1, 0.15) is 0 Å². The minimum absolute atomic E-state index is 0.0250. The molecule has 82 valence electrons. The first-order valence-corrected chi connectivity index (χ1v) is 5.29. The van der Waals surface area contributed by atoms with E-state index in [4.69, 9.17) is 10.8 Å². The number of rotatable bonds is 5. The normalized spacial score (nSPS) is 18.8. The van der Waals surface area contributed by atoms with E-state index in [9.17, 15) is 4.79 Å². The summed E-state index contributed by atoms with van der Waals surface area (Å²) in [4.78, 5) is 13.4. The van der Waals surface area contributed by atoms with Crippen molar-refractivity contribution >= 4 is 5.91 Å². The van der Waals surface area contributed by atoms with E-state index in [-0.39, 0.29) is 18.1 Å². The minimum atomic E-state index is -0.250. The van der Waals surface area contributed by atoms with Crippen LogP contribution in [-0.4, -0.2) is 41.1 Å². The highest BCUT2D eigenvalue weighted by Gasteiger charge is 2.35. The molecule has 0 atom stereocenters. The van der Waals surface area contributed by atoms with Crippen molar-refractivity contribution < 1.29 is 9.90 Å². The Morgan fingerprint density at radius 1 is 1.57 bits per heavy atom. The number of likely N-dealkylation sites (N-methyl/N-ethyl adjacent to an activating group) is 1. The Morgan fingerprint density at radius 3 is 2.57 bits per heavy atom. The molecule has 0 aliphatic heterocycles. The van der Waals surface area contributed by atoms with E-state index in [0.717, 1.165) is 19.3 Å². The molecule has 4 nitrogen and oxygen atoms in total. The van der Waals surface area contributed by atoms with Gasteiger partial charge in [-0.05, 0) is 26.2 Å². The largest absolute Gasteiger partial charge is 0.395 e. The van der Waals surface area contributed by atoms with Gasteiger partial charge in [-0.1, -0.05) is 0 Å². The van der Waals surface area contributed by atoms with Crippen molar-refractivity contribution in [2.75, 3.05) is 19.7 Å². The Balaban J connectivity index is 2.38. The van der Waals surface area contributed by atoms with Crippen LogP contribution in [0.25, 0.3) is 0 Å². The predicted molar refractivity (Wildman–Crippen MR) is 54.7 cm³/mol. The zero-order valence-electron chi connectivity index (χ0n) is 8.83. The van der Waals surface area contributed by atoms with Gasteiger partial charge in [0, 0.05) is 25.0 Å². The molecule has 1 amide bonds. The first-order valence-electron chi connectivity index (χ1n) is 5.29. The number of aliphatic hydroxyl groups excluding tert-OH is 1. The third kappa shape index (κ3) is 2.69. The van der Waals surface area contributed by atoms with E-state index in [2.05, 4.69) is 0 Å². The quantitative estimate of drug-likeness (QED) is 0.661. The van der Waals surface area contributed by atoms with Gasteiger partial charge in [-0.2, -0.15) is 0 Å².